The molecule has 1 aromatic rings. The standard InChI is InChI=1S/C18H32N2O/c1-6-7-12-20(5)13-14-21-17-10-8-16(9-11-17)15-19-18(2,3)4/h8-11,19H,6-7,12-15H2,1-5H3. The second-order valence-corrected chi connectivity index (χ2v) is 6.75. The third-order valence-corrected chi connectivity index (χ3v) is 3.38. The zero-order valence-corrected chi connectivity index (χ0v) is 14.4. The quantitative estimate of drug-likeness (QED) is 0.751. The van der Waals surface area contributed by atoms with E-state index in [1.54, 1.807) is 0 Å². The summed E-state index contributed by atoms with van der Waals surface area (Å²) in [5.74, 6) is 0.957. The molecular weight excluding hydrogens is 260 g/mol. The number of benzene rings is 1. The number of unbranched alkanes of at least 4 members (excludes halogenated alkanes) is 1. The summed E-state index contributed by atoms with van der Waals surface area (Å²) in [7, 11) is 2.15. The van der Waals surface area contributed by atoms with Gasteiger partial charge in [-0.3, -0.25) is 0 Å². The third kappa shape index (κ3) is 8.74. The first-order valence-electron chi connectivity index (χ1n) is 8.06. The van der Waals surface area contributed by atoms with Gasteiger partial charge < -0.3 is 15.0 Å². The van der Waals surface area contributed by atoms with E-state index in [2.05, 4.69) is 69.2 Å². The first kappa shape index (κ1) is 18.0. The van der Waals surface area contributed by atoms with Crippen molar-refractivity contribution in [3.05, 3.63) is 29.8 Å². The number of rotatable bonds is 9. The summed E-state index contributed by atoms with van der Waals surface area (Å²) in [5, 5.41) is 3.49. The molecule has 21 heavy (non-hydrogen) atoms. The summed E-state index contributed by atoms with van der Waals surface area (Å²) < 4.78 is 5.79. The molecule has 1 aromatic carbocycles. The van der Waals surface area contributed by atoms with Gasteiger partial charge in [0.25, 0.3) is 0 Å². The van der Waals surface area contributed by atoms with Gasteiger partial charge in [-0.15, -0.1) is 0 Å². The van der Waals surface area contributed by atoms with Crippen LogP contribution in [0.5, 0.6) is 5.75 Å². The van der Waals surface area contributed by atoms with E-state index in [1.165, 1.54) is 18.4 Å². The van der Waals surface area contributed by atoms with Crippen LogP contribution in [-0.4, -0.2) is 37.2 Å². The fourth-order valence-corrected chi connectivity index (χ4v) is 1.93. The van der Waals surface area contributed by atoms with Crippen molar-refractivity contribution >= 4 is 0 Å². The van der Waals surface area contributed by atoms with E-state index in [1.807, 2.05) is 0 Å². The molecule has 0 spiro atoms. The molecule has 0 saturated carbocycles. The smallest absolute Gasteiger partial charge is 0.119 e. The van der Waals surface area contributed by atoms with Crippen LogP contribution in [0.25, 0.3) is 0 Å². The number of hydrogen-bond acceptors (Lipinski definition) is 3. The predicted octanol–water partition coefficient (Wildman–Crippen LogP) is 3.69. The van der Waals surface area contributed by atoms with Crippen molar-refractivity contribution in [2.75, 3.05) is 26.7 Å². The summed E-state index contributed by atoms with van der Waals surface area (Å²) in [6.45, 7) is 12.5. The lowest BCUT2D eigenvalue weighted by molar-refractivity contribution is 0.235. The topological polar surface area (TPSA) is 24.5 Å². The highest BCUT2D eigenvalue weighted by Crippen LogP contribution is 2.13. The average Bonchev–Trinajstić information content (AvgIpc) is 2.43. The molecule has 0 aliphatic heterocycles. The van der Waals surface area contributed by atoms with Crippen molar-refractivity contribution in [2.45, 2.75) is 52.6 Å². The molecule has 0 fully saturated rings. The first-order chi connectivity index (χ1) is 9.90. The van der Waals surface area contributed by atoms with Crippen LogP contribution in [0.2, 0.25) is 0 Å². The molecule has 0 atom stereocenters. The van der Waals surface area contributed by atoms with E-state index in [0.717, 1.165) is 32.0 Å². The lowest BCUT2D eigenvalue weighted by Crippen LogP contribution is -2.35. The van der Waals surface area contributed by atoms with Crippen molar-refractivity contribution in [3.63, 3.8) is 0 Å². The highest BCUT2D eigenvalue weighted by molar-refractivity contribution is 5.27. The Balaban J connectivity index is 2.28. The fourth-order valence-electron chi connectivity index (χ4n) is 1.93. The summed E-state index contributed by atoms with van der Waals surface area (Å²) >= 11 is 0. The zero-order chi connectivity index (χ0) is 15.7. The van der Waals surface area contributed by atoms with E-state index in [9.17, 15) is 0 Å². The van der Waals surface area contributed by atoms with E-state index in [0.29, 0.717) is 0 Å². The number of nitrogens with one attached hydrogen (secondary N) is 1. The highest BCUT2D eigenvalue weighted by atomic mass is 16.5. The van der Waals surface area contributed by atoms with Gasteiger partial charge in [0.15, 0.2) is 0 Å². The van der Waals surface area contributed by atoms with Gasteiger partial charge in [0.05, 0.1) is 0 Å². The predicted molar refractivity (Wildman–Crippen MR) is 90.9 cm³/mol. The molecule has 0 bridgehead atoms. The van der Waals surface area contributed by atoms with Gasteiger partial charge in [-0.05, 0) is 58.5 Å². The lowest BCUT2D eigenvalue weighted by atomic mass is 10.1. The van der Waals surface area contributed by atoms with Crippen LogP contribution in [0.1, 0.15) is 46.1 Å². The van der Waals surface area contributed by atoms with Crippen LogP contribution in [0, 0.1) is 0 Å². The Labute approximate surface area is 130 Å². The highest BCUT2D eigenvalue weighted by Gasteiger charge is 2.08. The minimum absolute atomic E-state index is 0.151. The molecule has 0 saturated heterocycles. The Bertz CT molecular complexity index is 381. The molecule has 1 N–H and O–H groups in total. The maximum Gasteiger partial charge on any atom is 0.119 e. The number of ether oxygens (including phenoxy) is 1. The van der Waals surface area contributed by atoms with Gasteiger partial charge >= 0.3 is 0 Å². The Hall–Kier alpha value is -1.06. The van der Waals surface area contributed by atoms with Crippen LogP contribution >= 0.6 is 0 Å². The Morgan fingerprint density at radius 2 is 1.76 bits per heavy atom. The summed E-state index contributed by atoms with van der Waals surface area (Å²) in [4.78, 5) is 2.32. The molecule has 0 amide bonds. The number of nitrogens with zero attached hydrogens (tertiary/aromatic N) is 1. The van der Waals surface area contributed by atoms with E-state index >= 15 is 0 Å². The van der Waals surface area contributed by atoms with Crippen LogP contribution in [0.3, 0.4) is 0 Å². The first-order valence-corrected chi connectivity index (χ1v) is 8.06. The Kier molecular flexibility index (Phi) is 7.76. The van der Waals surface area contributed by atoms with Crippen LogP contribution < -0.4 is 10.1 Å². The molecule has 0 aromatic heterocycles. The maximum absolute atomic E-state index is 5.79. The molecule has 0 heterocycles. The molecule has 0 unspecified atom stereocenters. The number of likely N-dealkylation sites (N-methyl/N-ethyl adjacent to an activating group) is 1. The fraction of sp³-hybridized carbons (Fsp3) is 0.667. The van der Waals surface area contributed by atoms with Crippen LogP contribution in [0.4, 0.5) is 0 Å². The maximum atomic E-state index is 5.79. The summed E-state index contributed by atoms with van der Waals surface area (Å²) in [6, 6.07) is 8.39. The average molecular weight is 292 g/mol. The normalized spacial score (nSPS) is 11.9. The molecule has 120 valence electrons. The van der Waals surface area contributed by atoms with Crippen LogP contribution in [-0.2, 0) is 6.54 Å². The third-order valence-electron chi connectivity index (χ3n) is 3.38. The van der Waals surface area contributed by atoms with Crippen molar-refractivity contribution in [1.29, 1.82) is 0 Å². The van der Waals surface area contributed by atoms with E-state index < -0.39 is 0 Å². The van der Waals surface area contributed by atoms with Crippen molar-refractivity contribution in [3.8, 4) is 5.75 Å². The summed E-state index contributed by atoms with van der Waals surface area (Å²) in [5.41, 5.74) is 1.44. The van der Waals surface area contributed by atoms with Crippen molar-refractivity contribution in [1.82, 2.24) is 10.2 Å². The minimum Gasteiger partial charge on any atom is -0.492 e. The molecule has 0 radical (unpaired) electrons. The molecule has 3 heteroatoms. The monoisotopic (exact) mass is 292 g/mol. The Morgan fingerprint density at radius 1 is 1.10 bits per heavy atom. The molecule has 1 rings (SSSR count). The largest absolute Gasteiger partial charge is 0.492 e. The van der Waals surface area contributed by atoms with Gasteiger partial charge in [0.1, 0.15) is 12.4 Å². The minimum atomic E-state index is 0.151. The van der Waals surface area contributed by atoms with Gasteiger partial charge in [-0.1, -0.05) is 25.5 Å². The molecular formula is C18H32N2O. The lowest BCUT2D eigenvalue weighted by Gasteiger charge is -2.20. The SMILES string of the molecule is CCCCN(C)CCOc1ccc(CNC(C)(C)C)cc1. The second-order valence-electron chi connectivity index (χ2n) is 6.75. The molecule has 3 nitrogen and oxygen atoms in total. The van der Waals surface area contributed by atoms with Gasteiger partial charge in [0.2, 0.25) is 0 Å². The van der Waals surface area contributed by atoms with Gasteiger partial charge in [-0.25, -0.2) is 0 Å². The van der Waals surface area contributed by atoms with Crippen molar-refractivity contribution < 1.29 is 4.74 Å². The molecule has 0 aliphatic rings. The molecule has 0 aliphatic carbocycles. The Morgan fingerprint density at radius 3 is 2.33 bits per heavy atom. The van der Waals surface area contributed by atoms with E-state index in [-0.39, 0.29) is 5.54 Å². The van der Waals surface area contributed by atoms with Gasteiger partial charge in [0, 0.05) is 18.6 Å². The number of hydrogen-bond donors (Lipinski definition) is 1. The van der Waals surface area contributed by atoms with Gasteiger partial charge in [-0.2, -0.15) is 0 Å². The van der Waals surface area contributed by atoms with E-state index in [4.69, 9.17) is 4.74 Å². The zero-order valence-electron chi connectivity index (χ0n) is 14.4. The van der Waals surface area contributed by atoms with Crippen molar-refractivity contribution in [2.24, 2.45) is 0 Å². The van der Waals surface area contributed by atoms with Crippen LogP contribution in [0.15, 0.2) is 24.3 Å². The summed E-state index contributed by atoms with van der Waals surface area (Å²) in [6.07, 6.45) is 2.50. The second kappa shape index (κ2) is 9.06.